The summed E-state index contributed by atoms with van der Waals surface area (Å²) in [5.41, 5.74) is 7.99. The van der Waals surface area contributed by atoms with Crippen LogP contribution in [0, 0.1) is 6.92 Å². The Morgan fingerprint density at radius 2 is 2.08 bits per heavy atom. The highest BCUT2D eigenvalue weighted by molar-refractivity contribution is 5.98. The van der Waals surface area contributed by atoms with Gasteiger partial charge in [-0.3, -0.25) is 14.3 Å². The monoisotopic (exact) mass is 533 g/mol. The first-order chi connectivity index (χ1) is 18.7. The molecule has 1 atom stereocenters. The molecule has 0 bridgehead atoms. The summed E-state index contributed by atoms with van der Waals surface area (Å²) in [6.45, 7) is 3.96. The van der Waals surface area contributed by atoms with E-state index in [9.17, 15) is 9.59 Å². The van der Waals surface area contributed by atoms with Gasteiger partial charge >= 0.3 is 0 Å². The van der Waals surface area contributed by atoms with E-state index in [0.717, 1.165) is 31.5 Å². The van der Waals surface area contributed by atoms with Crippen LogP contribution in [-0.2, 0) is 4.79 Å². The number of amides is 2. The highest BCUT2D eigenvalue weighted by Gasteiger charge is 2.24. The van der Waals surface area contributed by atoms with Crippen molar-refractivity contribution in [1.29, 1.82) is 0 Å². The Labute approximate surface area is 227 Å². The van der Waals surface area contributed by atoms with E-state index in [1.807, 2.05) is 66.0 Å². The number of benzene rings is 1. The summed E-state index contributed by atoms with van der Waals surface area (Å²) < 4.78 is 7.32. The summed E-state index contributed by atoms with van der Waals surface area (Å²) in [6.07, 6.45) is 10.3. The molecular formula is C27H35N9O3. The average molecular weight is 534 g/mol. The number of carbonyl (C=O) groups is 2. The van der Waals surface area contributed by atoms with Crippen LogP contribution in [-0.4, -0.2) is 82.2 Å². The summed E-state index contributed by atoms with van der Waals surface area (Å²) in [5.74, 6) is 0.482. The number of anilines is 4. The number of aromatic nitrogens is 4. The van der Waals surface area contributed by atoms with Crippen LogP contribution in [0.5, 0.6) is 5.75 Å². The molecule has 12 heteroatoms. The number of likely N-dealkylation sites (tertiary alicyclic amines) is 1. The molecule has 1 aromatic carbocycles. The maximum atomic E-state index is 12.6. The molecule has 1 aliphatic rings. The second kappa shape index (κ2) is 12.4. The number of rotatable bonds is 10. The molecule has 3 heterocycles. The van der Waals surface area contributed by atoms with Gasteiger partial charge in [-0.1, -0.05) is 18.2 Å². The molecule has 39 heavy (non-hydrogen) atoms. The van der Waals surface area contributed by atoms with E-state index < -0.39 is 5.91 Å². The number of methoxy groups -OCH3 is 1. The molecule has 1 saturated heterocycles. The molecule has 4 rings (SSSR count). The molecule has 0 aliphatic carbocycles. The number of nitrogens with two attached hydrogens (primary N) is 1. The van der Waals surface area contributed by atoms with Crippen LogP contribution in [0.3, 0.4) is 0 Å². The number of likely N-dealkylation sites (N-methyl/N-ethyl adjacent to an activating group) is 1. The van der Waals surface area contributed by atoms with Crippen molar-refractivity contribution in [3.05, 3.63) is 60.1 Å². The third-order valence-electron chi connectivity index (χ3n) is 6.42. The number of aryl methyl sites for hydroxylation is 1. The van der Waals surface area contributed by atoms with Crippen LogP contribution in [0.15, 0.2) is 48.9 Å². The van der Waals surface area contributed by atoms with Gasteiger partial charge in [-0.25, -0.2) is 4.98 Å². The van der Waals surface area contributed by atoms with Crippen molar-refractivity contribution >= 4 is 35.0 Å². The van der Waals surface area contributed by atoms with Crippen LogP contribution in [0.2, 0.25) is 0 Å². The third-order valence-corrected chi connectivity index (χ3v) is 6.42. The normalized spacial score (nSPS) is 15.5. The van der Waals surface area contributed by atoms with Crippen molar-refractivity contribution in [2.75, 3.05) is 51.5 Å². The number of primary amides is 1. The zero-order valence-electron chi connectivity index (χ0n) is 22.7. The van der Waals surface area contributed by atoms with E-state index in [1.165, 1.54) is 6.20 Å². The second-order valence-electron chi connectivity index (χ2n) is 9.68. The van der Waals surface area contributed by atoms with Gasteiger partial charge in [0.05, 0.1) is 30.7 Å². The van der Waals surface area contributed by atoms with E-state index in [1.54, 1.807) is 19.4 Å². The lowest BCUT2D eigenvalue weighted by Gasteiger charge is -2.32. The second-order valence-corrected chi connectivity index (χ2v) is 9.68. The number of nitrogens with zero attached hydrogens (tertiary/aromatic N) is 6. The van der Waals surface area contributed by atoms with Gasteiger partial charge in [0.25, 0.3) is 5.91 Å². The van der Waals surface area contributed by atoms with Crippen molar-refractivity contribution in [3.8, 4) is 5.75 Å². The number of ether oxygens (including phenoxy) is 1. The van der Waals surface area contributed by atoms with Crippen LogP contribution in [0.25, 0.3) is 0 Å². The summed E-state index contributed by atoms with van der Waals surface area (Å²) in [4.78, 5) is 37.3. The number of hydrogen-bond acceptors (Lipinski definition) is 9. The van der Waals surface area contributed by atoms with E-state index in [2.05, 4.69) is 25.7 Å². The van der Waals surface area contributed by atoms with Gasteiger partial charge in [-0.15, -0.1) is 0 Å². The van der Waals surface area contributed by atoms with Gasteiger partial charge in [-0.2, -0.15) is 10.1 Å². The summed E-state index contributed by atoms with van der Waals surface area (Å²) >= 11 is 0. The fraction of sp³-hybridized carbons (Fsp3) is 0.370. The summed E-state index contributed by atoms with van der Waals surface area (Å²) in [7, 11) is 5.50. The molecule has 4 N–H and O–H groups in total. The quantitative estimate of drug-likeness (QED) is 0.335. The maximum Gasteiger partial charge on any atom is 0.254 e. The Morgan fingerprint density at radius 3 is 2.82 bits per heavy atom. The minimum atomic E-state index is -0.655. The molecule has 1 aliphatic heterocycles. The van der Waals surface area contributed by atoms with Gasteiger partial charge in [-0.05, 0) is 45.5 Å². The number of hydrogen-bond donors (Lipinski definition) is 3. The van der Waals surface area contributed by atoms with E-state index >= 15 is 0 Å². The fourth-order valence-corrected chi connectivity index (χ4v) is 4.38. The minimum Gasteiger partial charge on any atom is -0.495 e. The van der Waals surface area contributed by atoms with Gasteiger partial charge < -0.3 is 30.9 Å². The van der Waals surface area contributed by atoms with Gasteiger partial charge in [0.2, 0.25) is 11.9 Å². The predicted octanol–water partition coefficient (Wildman–Crippen LogP) is 2.86. The van der Waals surface area contributed by atoms with Gasteiger partial charge in [0, 0.05) is 38.1 Å². The number of piperidine rings is 1. The van der Waals surface area contributed by atoms with Crippen molar-refractivity contribution in [1.82, 2.24) is 29.5 Å². The highest BCUT2D eigenvalue weighted by atomic mass is 16.5. The minimum absolute atomic E-state index is 0.0142. The first-order valence-corrected chi connectivity index (χ1v) is 12.7. The van der Waals surface area contributed by atoms with Crippen molar-refractivity contribution in [3.63, 3.8) is 0 Å². The average Bonchev–Trinajstić information content (AvgIpc) is 3.38. The van der Waals surface area contributed by atoms with E-state index in [-0.39, 0.29) is 29.3 Å². The van der Waals surface area contributed by atoms with Crippen molar-refractivity contribution in [2.45, 2.75) is 25.8 Å². The summed E-state index contributed by atoms with van der Waals surface area (Å²) in [5, 5.41) is 10.8. The molecule has 1 fully saturated rings. The fourth-order valence-electron chi connectivity index (χ4n) is 4.38. The highest BCUT2D eigenvalue weighted by Crippen LogP contribution is 2.32. The first-order valence-electron chi connectivity index (χ1n) is 12.7. The molecule has 2 aromatic heterocycles. The molecule has 3 aromatic rings. The van der Waals surface area contributed by atoms with E-state index in [0.29, 0.717) is 23.7 Å². The zero-order chi connectivity index (χ0) is 27.9. The Balaban J connectivity index is 1.48. The maximum absolute atomic E-state index is 12.6. The van der Waals surface area contributed by atoms with Gasteiger partial charge in [0.1, 0.15) is 17.1 Å². The largest absolute Gasteiger partial charge is 0.495 e. The lowest BCUT2D eigenvalue weighted by molar-refractivity contribution is -0.127. The molecule has 12 nitrogen and oxygen atoms in total. The Bertz CT molecular complexity index is 1350. The smallest absolute Gasteiger partial charge is 0.254 e. The van der Waals surface area contributed by atoms with Gasteiger partial charge in [0.15, 0.2) is 0 Å². The number of para-hydroxylation sites is 1. The zero-order valence-corrected chi connectivity index (χ0v) is 22.7. The summed E-state index contributed by atoms with van der Waals surface area (Å²) in [6, 6.07) is 5.67. The SMILES string of the molecule is COc1cccc(C)c1Nc1nc(Nc2cnn([C@H]3CCCN(C(=O)/C=C/CN(C)C)C3)c2)ncc1C(N)=O. The molecule has 0 radical (unpaired) electrons. The molecule has 2 amide bonds. The standard InChI is InChI=1S/C27H35N9O3/c1-18-8-5-10-22(39-4)24(18)32-26-21(25(28)38)15-29-27(33-26)31-19-14-30-36(16-19)20-9-6-13-35(17-20)23(37)11-7-12-34(2)3/h5,7-8,10-11,14-16,20H,6,9,12-13,17H2,1-4H3,(H2,28,38)(H2,29,31,32,33)/b11-7+/t20-/m0/s1. The Hall–Kier alpha value is -4.45. The number of nitrogens with one attached hydrogen (secondary N) is 2. The molecular weight excluding hydrogens is 498 g/mol. The van der Waals surface area contributed by atoms with E-state index in [4.69, 9.17) is 10.5 Å². The van der Waals surface area contributed by atoms with Crippen LogP contribution >= 0.6 is 0 Å². The lowest BCUT2D eigenvalue weighted by Crippen LogP contribution is -2.40. The Kier molecular flexibility index (Phi) is 8.77. The third kappa shape index (κ3) is 6.90. The predicted molar refractivity (Wildman–Crippen MR) is 150 cm³/mol. The van der Waals surface area contributed by atoms with Crippen molar-refractivity contribution < 1.29 is 14.3 Å². The first kappa shape index (κ1) is 27.6. The Morgan fingerprint density at radius 1 is 1.26 bits per heavy atom. The van der Waals surface area contributed by atoms with Crippen LogP contribution in [0.1, 0.15) is 34.8 Å². The molecule has 0 unspecified atom stereocenters. The molecule has 206 valence electrons. The molecule has 0 spiro atoms. The lowest BCUT2D eigenvalue weighted by atomic mass is 10.1. The van der Waals surface area contributed by atoms with Crippen LogP contribution in [0.4, 0.5) is 23.1 Å². The number of carbonyl (C=O) groups excluding carboxylic acids is 2. The van der Waals surface area contributed by atoms with Crippen molar-refractivity contribution in [2.24, 2.45) is 5.73 Å². The van der Waals surface area contributed by atoms with Crippen LogP contribution < -0.4 is 21.1 Å². The molecule has 0 saturated carbocycles. The topological polar surface area (TPSA) is 144 Å².